The molecule has 0 fully saturated rings. The van der Waals surface area contributed by atoms with Crippen molar-refractivity contribution in [3.8, 4) is 11.4 Å². The molecule has 1 aliphatic heterocycles. The maximum absolute atomic E-state index is 5.96. The van der Waals surface area contributed by atoms with Crippen LogP contribution in [0.15, 0.2) is 18.2 Å². The Bertz CT molecular complexity index is 641. The second-order valence-corrected chi connectivity index (χ2v) is 5.51. The molecular weight excluding hydrogens is 248 g/mol. The van der Waals surface area contributed by atoms with E-state index in [1.807, 2.05) is 13.8 Å². The van der Waals surface area contributed by atoms with Gasteiger partial charge in [-0.1, -0.05) is 0 Å². The molecule has 2 heterocycles. The number of fused-ring (bicyclic) bond motifs is 1. The zero-order valence-corrected chi connectivity index (χ0v) is 12.3. The highest BCUT2D eigenvalue weighted by molar-refractivity contribution is 5.66. The van der Waals surface area contributed by atoms with Gasteiger partial charge in [-0.15, -0.1) is 0 Å². The van der Waals surface area contributed by atoms with Crippen LogP contribution in [0, 0.1) is 13.8 Å². The fraction of sp³-hybridized carbons (Fsp3) is 0.375. The Labute approximate surface area is 119 Å². The number of nitrogens with zero attached hydrogens (tertiary/aromatic N) is 3. The van der Waals surface area contributed by atoms with Gasteiger partial charge in [-0.25, -0.2) is 9.97 Å². The number of hydrogen-bond donors (Lipinski definition) is 1. The summed E-state index contributed by atoms with van der Waals surface area (Å²) < 4.78 is 0. The minimum atomic E-state index is 0.572. The van der Waals surface area contributed by atoms with Crippen molar-refractivity contribution in [2.45, 2.75) is 26.7 Å². The summed E-state index contributed by atoms with van der Waals surface area (Å²) in [4.78, 5) is 11.3. The molecule has 4 heteroatoms. The van der Waals surface area contributed by atoms with E-state index >= 15 is 0 Å². The summed E-state index contributed by atoms with van der Waals surface area (Å²) in [5.74, 6) is 1.30. The van der Waals surface area contributed by atoms with Crippen LogP contribution in [0.2, 0.25) is 0 Å². The predicted octanol–water partition coefficient (Wildman–Crippen LogP) is 2.73. The quantitative estimate of drug-likeness (QED) is 0.864. The van der Waals surface area contributed by atoms with Gasteiger partial charge in [0.25, 0.3) is 0 Å². The van der Waals surface area contributed by atoms with E-state index in [-0.39, 0.29) is 0 Å². The molecule has 20 heavy (non-hydrogen) atoms. The fourth-order valence-electron chi connectivity index (χ4n) is 2.70. The highest BCUT2D eigenvalue weighted by Crippen LogP contribution is 2.30. The number of rotatable bonds is 1. The molecule has 0 bridgehead atoms. The summed E-state index contributed by atoms with van der Waals surface area (Å²) in [5.41, 5.74) is 11.6. The molecule has 0 spiro atoms. The van der Waals surface area contributed by atoms with Gasteiger partial charge >= 0.3 is 0 Å². The van der Waals surface area contributed by atoms with E-state index in [2.05, 4.69) is 40.1 Å². The van der Waals surface area contributed by atoms with E-state index < -0.39 is 0 Å². The van der Waals surface area contributed by atoms with Crippen LogP contribution in [0.25, 0.3) is 11.4 Å². The SMILES string of the molecule is Cc1nc(-c2ccc3c(c2)CCCN3C)nc(N)c1C. The Morgan fingerprint density at radius 3 is 2.75 bits per heavy atom. The Morgan fingerprint density at radius 2 is 2.00 bits per heavy atom. The maximum atomic E-state index is 5.96. The molecule has 0 saturated carbocycles. The molecule has 0 unspecified atom stereocenters. The molecule has 1 aromatic heterocycles. The van der Waals surface area contributed by atoms with Crippen LogP contribution in [0.3, 0.4) is 0 Å². The smallest absolute Gasteiger partial charge is 0.161 e. The van der Waals surface area contributed by atoms with E-state index in [0.717, 1.165) is 35.6 Å². The normalized spacial score (nSPS) is 14.2. The van der Waals surface area contributed by atoms with E-state index in [9.17, 15) is 0 Å². The summed E-state index contributed by atoms with van der Waals surface area (Å²) >= 11 is 0. The van der Waals surface area contributed by atoms with Crippen LogP contribution in [0.1, 0.15) is 23.2 Å². The van der Waals surface area contributed by atoms with Crippen molar-refractivity contribution in [3.63, 3.8) is 0 Å². The van der Waals surface area contributed by atoms with Gasteiger partial charge in [-0.3, -0.25) is 0 Å². The van der Waals surface area contributed by atoms with Crippen molar-refractivity contribution in [1.82, 2.24) is 9.97 Å². The zero-order valence-electron chi connectivity index (χ0n) is 12.3. The fourth-order valence-corrected chi connectivity index (χ4v) is 2.70. The molecule has 2 N–H and O–H groups in total. The number of hydrogen-bond acceptors (Lipinski definition) is 4. The minimum Gasteiger partial charge on any atom is -0.383 e. The zero-order chi connectivity index (χ0) is 14.3. The highest BCUT2D eigenvalue weighted by Gasteiger charge is 2.15. The Balaban J connectivity index is 2.07. The summed E-state index contributed by atoms with van der Waals surface area (Å²) in [6.07, 6.45) is 2.32. The number of nitrogens with two attached hydrogens (primary N) is 1. The summed E-state index contributed by atoms with van der Waals surface area (Å²) in [6, 6.07) is 6.46. The topological polar surface area (TPSA) is 55.0 Å². The van der Waals surface area contributed by atoms with Crippen LogP contribution in [0.4, 0.5) is 11.5 Å². The van der Waals surface area contributed by atoms with Crippen LogP contribution in [0.5, 0.6) is 0 Å². The third-order valence-corrected chi connectivity index (χ3v) is 4.12. The highest BCUT2D eigenvalue weighted by atomic mass is 15.1. The van der Waals surface area contributed by atoms with Gasteiger partial charge in [0.1, 0.15) is 5.82 Å². The standard InChI is InChI=1S/C16H20N4/c1-10-11(2)18-16(19-15(10)17)13-6-7-14-12(9-13)5-4-8-20(14)3/h6-7,9H,4-5,8H2,1-3H3,(H2,17,18,19). The molecule has 104 valence electrons. The first-order valence-corrected chi connectivity index (χ1v) is 7.01. The van der Waals surface area contributed by atoms with E-state index in [0.29, 0.717) is 5.82 Å². The van der Waals surface area contributed by atoms with Gasteiger partial charge in [0, 0.05) is 36.1 Å². The molecule has 0 amide bonds. The summed E-state index contributed by atoms with van der Waals surface area (Å²) in [5, 5.41) is 0. The molecule has 4 nitrogen and oxygen atoms in total. The van der Waals surface area contributed by atoms with Crippen LogP contribution >= 0.6 is 0 Å². The summed E-state index contributed by atoms with van der Waals surface area (Å²) in [7, 11) is 2.14. The van der Waals surface area contributed by atoms with Gasteiger partial charge in [-0.05, 0) is 50.5 Å². The first-order chi connectivity index (χ1) is 9.56. The van der Waals surface area contributed by atoms with E-state index in [1.54, 1.807) is 0 Å². The van der Waals surface area contributed by atoms with Crippen LogP contribution in [-0.4, -0.2) is 23.6 Å². The van der Waals surface area contributed by atoms with Crippen molar-refractivity contribution < 1.29 is 0 Å². The minimum absolute atomic E-state index is 0.572. The predicted molar refractivity (Wildman–Crippen MR) is 82.9 cm³/mol. The lowest BCUT2D eigenvalue weighted by atomic mass is 9.99. The second kappa shape index (κ2) is 4.78. The number of nitrogen functional groups attached to an aromatic ring is 1. The van der Waals surface area contributed by atoms with Crippen molar-refractivity contribution in [2.24, 2.45) is 0 Å². The van der Waals surface area contributed by atoms with Gasteiger partial charge < -0.3 is 10.6 Å². The molecule has 0 atom stereocenters. The van der Waals surface area contributed by atoms with Gasteiger partial charge in [0.2, 0.25) is 0 Å². The molecule has 3 rings (SSSR count). The third-order valence-electron chi connectivity index (χ3n) is 4.12. The van der Waals surface area contributed by atoms with Crippen LogP contribution in [-0.2, 0) is 6.42 Å². The number of aromatic nitrogens is 2. The first kappa shape index (κ1) is 12.9. The van der Waals surface area contributed by atoms with E-state index in [4.69, 9.17) is 5.73 Å². The lowest BCUT2D eigenvalue weighted by Gasteiger charge is -2.27. The Morgan fingerprint density at radius 1 is 1.20 bits per heavy atom. The Kier molecular flexibility index (Phi) is 3.08. The average Bonchev–Trinajstić information content (AvgIpc) is 2.44. The van der Waals surface area contributed by atoms with Crippen molar-refractivity contribution in [3.05, 3.63) is 35.0 Å². The number of benzene rings is 1. The van der Waals surface area contributed by atoms with Crippen molar-refractivity contribution in [1.29, 1.82) is 0 Å². The third kappa shape index (κ3) is 2.11. The lowest BCUT2D eigenvalue weighted by Crippen LogP contribution is -2.24. The average molecular weight is 268 g/mol. The molecule has 1 aliphatic rings. The molecule has 0 radical (unpaired) electrons. The van der Waals surface area contributed by atoms with Gasteiger partial charge in [0.05, 0.1) is 0 Å². The molecule has 2 aromatic rings. The second-order valence-electron chi connectivity index (χ2n) is 5.51. The molecule has 1 aromatic carbocycles. The maximum Gasteiger partial charge on any atom is 0.161 e. The lowest BCUT2D eigenvalue weighted by molar-refractivity contribution is 0.744. The van der Waals surface area contributed by atoms with Crippen molar-refractivity contribution in [2.75, 3.05) is 24.2 Å². The van der Waals surface area contributed by atoms with Crippen LogP contribution < -0.4 is 10.6 Å². The molecule has 0 saturated heterocycles. The monoisotopic (exact) mass is 268 g/mol. The van der Waals surface area contributed by atoms with Gasteiger partial charge in [0.15, 0.2) is 5.82 Å². The largest absolute Gasteiger partial charge is 0.383 e. The first-order valence-electron chi connectivity index (χ1n) is 7.01. The van der Waals surface area contributed by atoms with Gasteiger partial charge in [-0.2, -0.15) is 0 Å². The van der Waals surface area contributed by atoms with Crippen molar-refractivity contribution >= 4 is 11.5 Å². The number of aryl methyl sites for hydroxylation is 2. The molecule has 0 aliphatic carbocycles. The van der Waals surface area contributed by atoms with E-state index in [1.165, 1.54) is 17.7 Å². The summed E-state index contributed by atoms with van der Waals surface area (Å²) in [6.45, 7) is 5.05. The number of anilines is 2. The Hall–Kier alpha value is -2.10. The molecular formula is C16H20N4.